The van der Waals surface area contributed by atoms with E-state index in [0.29, 0.717) is 18.9 Å². The highest BCUT2D eigenvalue weighted by atomic mass is 16.2. The zero-order valence-corrected chi connectivity index (χ0v) is 17.3. The van der Waals surface area contributed by atoms with E-state index in [2.05, 4.69) is 43.2 Å². The standard InChI is InChI=1S/C23H30N4O2/c1-17(2)27-16-21(14-24-27)26-15-20(13-22(26)28)23(29)25-10-8-19(9-11-25)12-18-6-4-3-5-7-18/h3-7,14,16-17,19-20H,8-13,15H2,1-2H3/t20-/m0/s1. The summed E-state index contributed by atoms with van der Waals surface area (Å²) >= 11 is 0. The van der Waals surface area contributed by atoms with E-state index in [1.165, 1.54) is 5.56 Å². The molecule has 6 nitrogen and oxygen atoms in total. The molecular formula is C23H30N4O2. The Morgan fingerprint density at radius 3 is 2.55 bits per heavy atom. The molecule has 2 aromatic rings. The van der Waals surface area contributed by atoms with Crippen molar-refractivity contribution >= 4 is 17.5 Å². The zero-order valence-electron chi connectivity index (χ0n) is 17.3. The minimum atomic E-state index is -0.240. The van der Waals surface area contributed by atoms with Crippen LogP contribution in [-0.4, -0.2) is 46.1 Å². The van der Waals surface area contributed by atoms with Crippen molar-refractivity contribution in [1.82, 2.24) is 14.7 Å². The summed E-state index contributed by atoms with van der Waals surface area (Å²) in [5.41, 5.74) is 2.16. The summed E-state index contributed by atoms with van der Waals surface area (Å²) in [4.78, 5) is 29.2. The van der Waals surface area contributed by atoms with Gasteiger partial charge in [-0.2, -0.15) is 5.10 Å². The lowest BCUT2D eigenvalue weighted by Gasteiger charge is -2.33. The number of anilines is 1. The van der Waals surface area contributed by atoms with E-state index in [1.54, 1.807) is 11.1 Å². The fraction of sp³-hybridized carbons (Fsp3) is 0.522. The van der Waals surface area contributed by atoms with Crippen LogP contribution in [0.2, 0.25) is 0 Å². The van der Waals surface area contributed by atoms with Crippen molar-refractivity contribution in [2.24, 2.45) is 11.8 Å². The summed E-state index contributed by atoms with van der Waals surface area (Å²) in [5, 5.41) is 4.32. The van der Waals surface area contributed by atoms with Gasteiger partial charge in [0.1, 0.15) is 0 Å². The van der Waals surface area contributed by atoms with Crippen LogP contribution in [0.5, 0.6) is 0 Å². The number of carbonyl (C=O) groups excluding carboxylic acids is 2. The van der Waals surface area contributed by atoms with Crippen molar-refractivity contribution in [3.8, 4) is 0 Å². The van der Waals surface area contributed by atoms with Gasteiger partial charge < -0.3 is 9.80 Å². The summed E-state index contributed by atoms with van der Waals surface area (Å²) in [6.07, 6.45) is 7.07. The highest BCUT2D eigenvalue weighted by Gasteiger charge is 2.38. The number of benzene rings is 1. The average Bonchev–Trinajstić information content (AvgIpc) is 3.36. The predicted molar refractivity (Wildman–Crippen MR) is 113 cm³/mol. The van der Waals surface area contributed by atoms with E-state index >= 15 is 0 Å². The Morgan fingerprint density at radius 1 is 1.17 bits per heavy atom. The number of amides is 2. The predicted octanol–water partition coefficient (Wildman–Crippen LogP) is 3.30. The van der Waals surface area contributed by atoms with Crippen LogP contribution in [0.25, 0.3) is 0 Å². The summed E-state index contributed by atoms with van der Waals surface area (Å²) in [5.74, 6) is 0.543. The first-order valence-corrected chi connectivity index (χ1v) is 10.7. The van der Waals surface area contributed by atoms with Crippen molar-refractivity contribution in [3.05, 3.63) is 48.3 Å². The molecule has 1 atom stereocenters. The third-order valence-electron chi connectivity index (χ3n) is 6.20. The van der Waals surface area contributed by atoms with Crippen LogP contribution in [0.1, 0.15) is 44.7 Å². The van der Waals surface area contributed by atoms with E-state index in [-0.39, 0.29) is 23.8 Å². The van der Waals surface area contributed by atoms with Gasteiger partial charge in [0.25, 0.3) is 0 Å². The van der Waals surface area contributed by atoms with E-state index < -0.39 is 0 Å². The smallest absolute Gasteiger partial charge is 0.228 e. The van der Waals surface area contributed by atoms with E-state index in [0.717, 1.165) is 38.0 Å². The Labute approximate surface area is 172 Å². The lowest BCUT2D eigenvalue weighted by Crippen LogP contribution is -2.42. The molecule has 2 aliphatic heterocycles. The number of rotatable bonds is 5. The highest BCUT2D eigenvalue weighted by Crippen LogP contribution is 2.29. The molecule has 2 saturated heterocycles. The maximum absolute atomic E-state index is 13.0. The second-order valence-corrected chi connectivity index (χ2v) is 8.64. The number of hydrogen-bond donors (Lipinski definition) is 0. The van der Waals surface area contributed by atoms with Gasteiger partial charge in [-0.25, -0.2) is 0 Å². The van der Waals surface area contributed by atoms with Crippen LogP contribution < -0.4 is 4.90 Å². The fourth-order valence-electron chi connectivity index (χ4n) is 4.44. The molecule has 3 heterocycles. The van der Waals surface area contributed by atoms with Gasteiger partial charge in [0.05, 0.1) is 17.8 Å². The lowest BCUT2D eigenvalue weighted by molar-refractivity contribution is -0.137. The maximum Gasteiger partial charge on any atom is 0.228 e. The number of likely N-dealkylation sites (tertiary alicyclic amines) is 1. The van der Waals surface area contributed by atoms with Gasteiger partial charge in [-0.15, -0.1) is 0 Å². The monoisotopic (exact) mass is 394 g/mol. The Kier molecular flexibility index (Phi) is 5.69. The third kappa shape index (κ3) is 4.36. The van der Waals surface area contributed by atoms with Crippen molar-refractivity contribution in [1.29, 1.82) is 0 Å². The van der Waals surface area contributed by atoms with Gasteiger partial charge >= 0.3 is 0 Å². The molecule has 0 bridgehead atoms. The van der Waals surface area contributed by atoms with Crippen LogP contribution in [-0.2, 0) is 16.0 Å². The largest absolute Gasteiger partial charge is 0.342 e. The quantitative estimate of drug-likeness (QED) is 0.782. The van der Waals surface area contributed by atoms with Crippen LogP contribution in [0, 0.1) is 11.8 Å². The number of carbonyl (C=O) groups is 2. The van der Waals surface area contributed by atoms with Crippen LogP contribution in [0.3, 0.4) is 0 Å². The molecule has 6 heteroatoms. The molecule has 0 radical (unpaired) electrons. The molecule has 2 fully saturated rings. The molecule has 0 saturated carbocycles. The second kappa shape index (κ2) is 8.39. The van der Waals surface area contributed by atoms with Gasteiger partial charge in [-0.3, -0.25) is 14.3 Å². The minimum absolute atomic E-state index is 0.0191. The molecule has 0 N–H and O–H groups in total. The van der Waals surface area contributed by atoms with Crippen molar-refractivity contribution in [3.63, 3.8) is 0 Å². The highest BCUT2D eigenvalue weighted by molar-refractivity contribution is 6.00. The molecule has 0 spiro atoms. The zero-order chi connectivity index (χ0) is 20.4. The van der Waals surface area contributed by atoms with Gasteiger partial charge in [-0.1, -0.05) is 30.3 Å². The molecule has 0 aliphatic carbocycles. The van der Waals surface area contributed by atoms with Crippen LogP contribution in [0.4, 0.5) is 5.69 Å². The second-order valence-electron chi connectivity index (χ2n) is 8.64. The van der Waals surface area contributed by atoms with Crippen molar-refractivity contribution in [2.75, 3.05) is 24.5 Å². The normalized spacial score (nSPS) is 20.7. The van der Waals surface area contributed by atoms with Crippen LogP contribution >= 0.6 is 0 Å². The van der Waals surface area contributed by atoms with Crippen molar-refractivity contribution in [2.45, 2.75) is 45.6 Å². The van der Waals surface area contributed by atoms with E-state index in [1.807, 2.05) is 21.8 Å². The Balaban J connectivity index is 1.31. The number of piperidine rings is 1. The summed E-state index contributed by atoms with van der Waals surface area (Å²) < 4.78 is 1.84. The molecule has 154 valence electrons. The summed E-state index contributed by atoms with van der Waals surface area (Å²) in [6, 6.07) is 10.8. The van der Waals surface area contributed by atoms with Gasteiger partial charge in [0.15, 0.2) is 0 Å². The number of nitrogens with zero attached hydrogens (tertiary/aromatic N) is 4. The first-order chi connectivity index (χ1) is 14.0. The molecular weight excluding hydrogens is 364 g/mol. The van der Waals surface area contributed by atoms with Crippen LogP contribution in [0.15, 0.2) is 42.7 Å². The van der Waals surface area contributed by atoms with Gasteiger partial charge in [0.2, 0.25) is 11.8 Å². The van der Waals surface area contributed by atoms with Gasteiger partial charge in [-0.05, 0) is 44.6 Å². The van der Waals surface area contributed by atoms with E-state index in [4.69, 9.17) is 0 Å². The molecule has 29 heavy (non-hydrogen) atoms. The average molecular weight is 395 g/mol. The van der Waals surface area contributed by atoms with Crippen molar-refractivity contribution < 1.29 is 9.59 Å². The SMILES string of the molecule is CC(C)n1cc(N2C[C@@H](C(=O)N3CCC(Cc4ccccc4)CC3)CC2=O)cn1. The first-order valence-electron chi connectivity index (χ1n) is 10.7. The summed E-state index contributed by atoms with van der Waals surface area (Å²) in [6.45, 7) is 6.16. The number of aromatic nitrogens is 2. The Bertz CT molecular complexity index is 853. The molecule has 4 rings (SSSR count). The maximum atomic E-state index is 13.0. The lowest BCUT2D eigenvalue weighted by atomic mass is 9.89. The first kappa shape index (κ1) is 19.7. The number of hydrogen-bond acceptors (Lipinski definition) is 3. The molecule has 2 aliphatic rings. The third-order valence-corrected chi connectivity index (χ3v) is 6.20. The molecule has 0 unspecified atom stereocenters. The minimum Gasteiger partial charge on any atom is -0.342 e. The topological polar surface area (TPSA) is 58.4 Å². The molecule has 2 amide bonds. The summed E-state index contributed by atoms with van der Waals surface area (Å²) in [7, 11) is 0. The molecule has 1 aromatic carbocycles. The van der Waals surface area contributed by atoms with Gasteiger partial charge in [0, 0.05) is 38.3 Å². The van der Waals surface area contributed by atoms with E-state index in [9.17, 15) is 9.59 Å². The molecule has 1 aromatic heterocycles. The fourth-order valence-corrected chi connectivity index (χ4v) is 4.44. The Morgan fingerprint density at radius 2 is 1.90 bits per heavy atom. The Hall–Kier alpha value is -2.63.